The average Bonchev–Trinajstić information content (AvgIpc) is 2.80. The first-order chi connectivity index (χ1) is 15.5. The summed E-state index contributed by atoms with van der Waals surface area (Å²) >= 11 is 4.57. The van der Waals surface area contributed by atoms with E-state index >= 15 is 0 Å². The van der Waals surface area contributed by atoms with Gasteiger partial charge in [-0.1, -0.05) is 24.3 Å². The fourth-order valence-electron chi connectivity index (χ4n) is 3.63. The Morgan fingerprint density at radius 1 is 0.938 bits per heavy atom. The minimum atomic E-state index is -1.01. The quantitative estimate of drug-likeness (QED) is 0.286. The highest BCUT2D eigenvalue weighted by molar-refractivity contribution is 7.80. The molecule has 156 valence electrons. The summed E-state index contributed by atoms with van der Waals surface area (Å²) in [6.07, 6.45) is 3.35. The molecule has 0 spiro atoms. The molecule has 0 aliphatic rings. The predicted molar refractivity (Wildman–Crippen MR) is 129 cm³/mol. The molecular formula is C24H17N5O2S. The standard InChI is InChI=1S/C24H17N5O2S/c25-24-27-11-15-9-13(5-7-18(15)29-24)14-6-8-19-17(10-14)22(21(32)12-26-19)28-20-4-2-1-3-16(20)23(30)31/h1-12,32H,(H,26,28)(H,30,31)(H2,25,27,29). The number of fused-ring (bicyclic) bond motifs is 2. The Morgan fingerprint density at radius 2 is 1.69 bits per heavy atom. The number of anilines is 3. The number of carboxylic acid groups (broad SMARTS) is 1. The molecule has 3 aromatic carbocycles. The van der Waals surface area contributed by atoms with Gasteiger partial charge in [-0.2, -0.15) is 0 Å². The second-order valence-corrected chi connectivity index (χ2v) is 7.71. The van der Waals surface area contributed by atoms with E-state index in [0.29, 0.717) is 16.3 Å². The van der Waals surface area contributed by atoms with E-state index in [1.165, 1.54) is 0 Å². The third-order valence-electron chi connectivity index (χ3n) is 5.20. The first kappa shape index (κ1) is 19.8. The van der Waals surface area contributed by atoms with Gasteiger partial charge < -0.3 is 16.2 Å². The molecular weight excluding hydrogens is 422 g/mol. The number of nitrogens with two attached hydrogens (primary N) is 1. The Kier molecular flexibility index (Phi) is 4.84. The number of rotatable bonds is 4. The number of hydrogen-bond acceptors (Lipinski definition) is 7. The summed E-state index contributed by atoms with van der Waals surface area (Å²) in [5.41, 5.74) is 10.5. The van der Waals surface area contributed by atoms with Crippen molar-refractivity contribution in [3.63, 3.8) is 0 Å². The van der Waals surface area contributed by atoms with Crippen molar-refractivity contribution in [3.8, 4) is 11.1 Å². The van der Waals surface area contributed by atoms with E-state index in [0.717, 1.165) is 32.9 Å². The van der Waals surface area contributed by atoms with E-state index < -0.39 is 5.97 Å². The minimum absolute atomic E-state index is 0.176. The van der Waals surface area contributed by atoms with Crippen LogP contribution in [-0.4, -0.2) is 26.0 Å². The summed E-state index contributed by atoms with van der Waals surface area (Å²) in [5, 5.41) is 14.5. The molecule has 0 saturated carbocycles. The number of benzene rings is 3. The van der Waals surface area contributed by atoms with Gasteiger partial charge in [0.05, 0.1) is 28.0 Å². The highest BCUT2D eigenvalue weighted by Crippen LogP contribution is 2.35. The first-order valence-electron chi connectivity index (χ1n) is 9.73. The number of pyridine rings is 1. The first-order valence-corrected chi connectivity index (χ1v) is 10.2. The number of aromatic carboxylic acids is 1. The number of nitrogens with zero attached hydrogens (tertiary/aromatic N) is 3. The van der Waals surface area contributed by atoms with E-state index in [9.17, 15) is 9.90 Å². The van der Waals surface area contributed by atoms with E-state index in [-0.39, 0.29) is 11.5 Å². The molecule has 0 saturated heterocycles. The van der Waals surface area contributed by atoms with Crippen LogP contribution < -0.4 is 11.1 Å². The highest BCUT2D eigenvalue weighted by Gasteiger charge is 2.14. The van der Waals surface area contributed by atoms with Crippen molar-refractivity contribution >= 4 is 57.7 Å². The van der Waals surface area contributed by atoms with Gasteiger partial charge in [0.15, 0.2) is 0 Å². The third-order valence-corrected chi connectivity index (χ3v) is 5.54. The van der Waals surface area contributed by atoms with Crippen molar-refractivity contribution < 1.29 is 9.90 Å². The maximum absolute atomic E-state index is 11.6. The molecule has 4 N–H and O–H groups in total. The Bertz CT molecular complexity index is 1520. The van der Waals surface area contributed by atoms with Crippen LogP contribution in [0.15, 0.2) is 78.0 Å². The zero-order chi connectivity index (χ0) is 22.2. The SMILES string of the molecule is Nc1ncc2cc(-c3ccc4ncc(S)c(Nc5ccccc5C(=O)O)c4c3)ccc2n1. The second kappa shape index (κ2) is 7.82. The van der Waals surface area contributed by atoms with Crippen LogP contribution in [0, 0.1) is 0 Å². The largest absolute Gasteiger partial charge is 0.478 e. The summed E-state index contributed by atoms with van der Waals surface area (Å²) < 4.78 is 0. The van der Waals surface area contributed by atoms with Gasteiger partial charge in [0.25, 0.3) is 0 Å². The number of nitrogens with one attached hydrogen (secondary N) is 1. The lowest BCUT2D eigenvalue weighted by Gasteiger charge is -2.15. The van der Waals surface area contributed by atoms with Crippen LogP contribution in [0.5, 0.6) is 0 Å². The molecule has 2 aromatic heterocycles. The van der Waals surface area contributed by atoms with Gasteiger partial charge in [-0.25, -0.2) is 14.8 Å². The van der Waals surface area contributed by atoms with Crippen molar-refractivity contribution in [3.05, 3.63) is 78.6 Å². The fourth-order valence-corrected chi connectivity index (χ4v) is 3.87. The van der Waals surface area contributed by atoms with Crippen LogP contribution in [0.4, 0.5) is 17.3 Å². The van der Waals surface area contributed by atoms with Gasteiger partial charge in [-0.15, -0.1) is 12.6 Å². The van der Waals surface area contributed by atoms with Crippen molar-refractivity contribution in [2.24, 2.45) is 0 Å². The van der Waals surface area contributed by atoms with Gasteiger partial charge >= 0.3 is 5.97 Å². The lowest BCUT2D eigenvalue weighted by Crippen LogP contribution is -2.03. The molecule has 5 aromatic rings. The minimum Gasteiger partial charge on any atom is -0.478 e. The number of carboxylic acids is 1. The molecule has 0 aliphatic heterocycles. The maximum Gasteiger partial charge on any atom is 0.337 e. The molecule has 0 amide bonds. The molecule has 0 aliphatic carbocycles. The van der Waals surface area contributed by atoms with E-state index in [2.05, 4.69) is 32.9 Å². The Morgan fingerprint density at radius 3 is 2.50 bits per heavy atom. The number of nitrogen functional groups attached to an aromatic ring is 1. The van der Waals surface area contributed by atoms with Crippen molar-refractivity contribution in [2.75, 3.05) is 11.1 Å². The Labute approximate surface area is 188 Å². The predicted octanol–water partition coefficient (Wildman–Crippen LogP) is 5.16. The lowest BCUT2D eigenvalue weighted by molar-refractivity contribution is 0.0698. The van der Waals surface area contributed by atoms with Crippen LogP contribution in [0.3, 0.4) is 0 Å². The van der Waals surface area contributed by atoms with E-state index in [1.54, 1.807) is 36.7 Å². The topological polar surface area (TPSA) is 114 Å². The Hall–Kier alpha value is -4.17. The highest BCUT2D eigenvalue weighted by atomic mass is 32.1. The lowest BCUT2D eigenvalue weighted by atomic mass is 10.0. The molecule has 7 nitrogen and oxygen atoms in total. The summed E-state index contributed by atoms with van der Waals surface area (Å²) in [4.78, 5) is 25.0. The van der Waals surface area contributed by atoms with Gasteiger partial charge in [0, 0.05) is 28.1 Å². The summed E-state index contributed by atoms with van der Waals surface area (Å²) in [7, 11) is 0. The zero-order valence-corrected chi connectivity index (χ0v) is 17.5. The summed E-state index contributed by atoms with van der Waals surface area (Å²) in [6.45, 7) is 0. The van der Waals surface area contributed by atoms with Crippen LogP contribution in [0.1, 0.15) is 10.4 Å². The number of thiol groups is 1. The number of para-hydroxylation sites is 1. The van der Waals surface area contributed by atoms with E-state index in [4.69, 9.17) is 5.73 Å². The van der Waals surface area contributed by atoms with Gasteiger partial charge in [-0.05, 0) is 47.5 Å². The smallest absolute Gasteiger partial charge is 0.337 e. The average molecular weight is 440 g/mol. The molecule has 0 bridgehead atoms. The van der Waals surface area contributed by atoms with Gasteiger partial charge in [0.1, 0.15) is 0 Å². The maximum atomic E-state index is 11.6. The van der Waals surface area contributed by atoms with Crippen molar-refractivity contribution in [2.45, 2.75) is 4.90 Å². The Balaban J connectivity index is 1.64. The monoisotopic (exact) mass is 439 g/mol. The number of carbonyl (C=O) groups is 1. The molecule has 0 unspecified atom stereocenters. The van der Waals surface area contributed by atoms with Crippen molar-refractivity contribution in [1.82, 2.24) is 15.0 Å². The van der Waals surface area contributed by atoms with Gasteiger partial charge in [-0.3, -0.25) is 4.98 Å². The molecule has 0 fully saturated rings. The van der Waals surface area contributed by atoms with Crippen LogP contribution >= 0.6 is 12.6 Å². The molecule has 0 atom stereocenters. The third kappa shape index (κ3) is 3.57. The van der Waals surface area contributed by atoms with Crippen LogP contribution in [0.2, 0.25) is 0 Å². The molecule has 5 rings (SSSR count). The number of aromatic nitrogens is 3. The normalized spacial score (nSPS) is 11.0. The van der Waals surface area contributed by atoms with Crippen molar-refractivity contribution in [1.29, 1.82) is 0 Å². The van der Waals surface area contributed by atoms with Crippen LogP contribution in [0.25, 0.3) is 32.9 Å². The second-order valence-electron chi connectivity index (χ2n) is 7.23. The zero-order valence-electron chi connectivity index (χ0n) is 16.6. The molecule has 0 radical (unpaired) electrons. The summed E-state index contributed by atoms with van der Waals surface area (Å²) in [5.74, 6) is -0.771. The molecule has 8 heteroatoms. The van der Waals surface area contributed by atoms with E-state index in [1.807, 2.05) is 36.4 Å². The van der Waals surface area contributed by atoms with Gasteiger partial charge in [0.2, 0.25) is 5.95 Å². The molecule has 2 heterocycles. The summed E-state index contributed by atoms with van der Waals surface area (Å²) in [6, 6.07) is 18.6. The molecule has 32 heavy (non-hydrogen) atoms. The fraction of sp³-hybridized carbons (Fsp3) is 0. The van der Waals surface area contributed by atoms with Crippen LogP contribution in [-0.2, 0) is 0 Å². The number of hydrogen-bond donors (Lipinski definition) is 4.